The lowest BCUT2D eigenvalue weighted by atomic mass is 9.82. The molecule has 6 atom stereocenters. The number of likely N-dealkylation sites (tertiary alicyclic amines) is 1. The Kier molecular flexibility index (Phi) is 7.44. The first kappa shape index (κ1) is 25.2. The minimum absolute atomic E-state index is 0.0664. The lowest BCUT2D eigenvalue weighted by Crippen LogP contribution is -2.55. The molecule has 3 saturated heterocycles. The van der Waals surface area contributed by atoms with Crippen LogP contribution >= 0.6 is 0 Å². The van der Waals surface area contributed by atoms with Crippen molar-refractivity contribution in [3.8, 4) is 6.07 Å². The SMILES string of the molecule is N#C[C@@H]1C[C@@H]2C[C@@H]2N1C(=O)[C@@H](N)C1CC2CCC(C1)N2CC1CCCCC1.O=C(O)C(F)(F)F. The molecule has 5 rings (SSSR count). The first-order valence-electron chi connectivity index (χ1n) is 12.6. The Bertz CT molecular complexity index is 796. The molecule has 7 nitrogen and oxygen atoms in total. The topological polar surface area (TPSA) is 111 Å². The Hall–Kier alpha value is -1.86. The molecule has 2 bridgehead atoms. The first-order valence-corrected chi connectivity index (χ1v) is 12.6. The maximum absolute atomic E-state index is 13.1. The third-order valence-corrected chi connectivity index (χ3v) is 8.66. The average molecular weight is 485 g/mol. The third-order valence-electron chi connectivity index (χ3n) is 8.66. The summed E-state index contributed by atoms with van der Waals surface area (Å²) in [6, 6.07) is 3.29. The van der Waals surface area contributed by atoms with E-state index >= 15 is 0 Å². The predicted octanol–water partition coefficient (Wildman–Crippen LogP) is 3.28. The Morgan fingerprint density at radius 1 is 1.03 bits per heavy atom. The fourth-order valence-corrected chi connectivity index (χ4v) is 6.84. The zero-order chi connectivity index (χ0) is 24.6. The average Bonchev–Trinajstić information content (AvgIpc) is 3.41. The molecule has 34 heavy (non-hydrogen) atoms. The van der Waals surface area contributed by atoms with Crippen molar-refractivity contribution in [2.45, 2.75) is 107 Å². The van der Waals surface area contributed by atoms with Crippen LogP contribution < -0.4 is 5.73 Å². The highest BCUT2D eigenvalue weighted by Gasteiger charge is 2.55. The number of alkyl halides is 3. The van der Waals surface area contributed by atoms with Crippen molar-refractivity contribution >= 4 is 11.9 Å². The number of carboxylic acids is 1. The Morgan fingerprint density at radius 2 is 1.62 bits per heavy atom. The van der Waals surface area contributed by atoms with Gasteiger partial charge in [-0.3, -0.25) is 9.69 Å². The largest absolute Gasteiger partial charge is 0.490 e. The van der Waals surface area contributed by atoms with Crippen LogP contribution in [0.3, 0.4) is 0 Å². The van der Waals surface area contributed by atoms with Gasteiger partial charge in [-0.2, -0.15) is 18.4 Å². The zero-order valence-electron chi connectivity index (χ0n) is 19.4. The van der Waals surface area contributed by atoms with Gasteiger partial charge in [-0.15, -0.1) is 0 Å². The van der Waals surface area contributed by atoms with E-state index in [0.29, 0.717) is 30.0 Å². The summed E-state index contributed by atoms with van der Waals surface area (Å²) in [5.74, 6) is -0.931. The second kappa shape index (κ2) is 10.0. The summed E-state index contributed by atoms with van der Waals surface area (Å²) in [7, 11) is 0. The van der Waals surface area contributed by atoms with Gasteiger partial charge < -0.3 is 15.7 Å². The molecule has 3 aliphatic heterocycles. The summed E-state index contributed by atoms with van der Waals surface area (Å²) in [4.78, 5) is 26.7. The van der Waals surface area contributed by atoms with Crippen molar-refractivity contribution in [3.63, 3.8) is 0 Å². The van der Waals surface area contributed by atoms with Gasteiger partial charge in [0.15, 0.2) is 0 Å². The molecular weight excluding hydrogens is 449 g/mol. The van der Waals surface area contributed by atoms with Gasteiger partial charge in [0, 0.05) is 24.7 Å². The molecule has 0 radical (unpaired) electrons. The molecule has 2 saturated carbocycles. The maximum atomic E-state index is 13.1. The Morgan fingerprint density at radius 3 is 2.15 bits per heavy atom. The van der Waals surface area contributed by atoms with Crippen LogP contribution in [0.2, 0.25) is 0 Å². The van der Waals surface area contributed by atoms with Gasteiger partial charge in [0.25, 0.3) is 0 Å². The molecule has 2 aliphatic carbocycles. The number of carboxylic acid groups (broad SMARTS) is 1. The van der Waals surface area contributed by atoms with Crippen molar-refractivity contribution in [3.05, 3.63) is 0 Å². The van der Waals surface area contributed by atoms with Crippen LogP contribution in [0, 0.1) is 29.1 Å². The van der Waals surface area contributed by atoms with E-state index in [9.17, 15) is 23.2 Å². The van der Waals surface area contributed by atoms with E-state index in [-0.39, 0.29) is 11.9 Å². The molecular formula is C24H35F3N4O3. The molecule has 0 aromatic carbocycles. The van der Waals surface area contributed by atoms with E-state index in [4.69, 9.17) is 15.6 Å². The summed E-state index contributed by atoms with van der Waals surface area (Å²) in [5.41, 5.74) is 6.53. The number of hydrogen-bond acceptors (Lipinski definition) is 5. The lowest BCUT2D eigenvalue weighted by Gasteiger charge is -2.43. The van der Waals surface area contributed by atoms with Gasteiger partial charge in [-0.05, 0) is 69.1 Å². The number of amides is 1. The number of rotatable bonds is 4. The van der Waals surface area contributed by atoms with E-state index in [1.807, 2.05) is 4.90 Å². The van der Waals surface area contributed by atoms with Crippen LogP contribution in [0.1, 0.15) is 70.6 Å². The van der Waals surface area contributed by atoms with Crippen molar-refractivity contribution in [1.29, 1.82) is 5.26 Å². The van der Waals surface area contributed by atoms with Crippen LogP contribution in [0.15, 0.2) is 0 Å². The van der Waals surface area contributed by atoms with Gasteiger partial charge in [0.2, 0.25) is 5.91 Å². The molecule has 0 aromatic heterocycles. The van der Waals surface area contributed by atoms with Gasteiger partial charge in [0.05, 0.1) is 12.1 Å². The smallest absolute Gasteiger partial charge is 0.475 e. The highest BCUT2D eigenvalue weighted by Crippen LogP contribution is 2.48. The fourth-order valence-electron chi connectivity index (χ4n) is 6.84. The minimum Gasteiger partial charge on any atom is -0.475 e. The number of hydrogen-bond donors (Lipinski definition) is 2. The number of halogens is 3. The monoisotopic (exact) mass is 484 g/mol. The van der Waals surface area contributed by atoms with Crippen molar-refractivity contribution < 1.29 is 27.9 Å². The summed E-state index contributed by atoms with van der Waals surface area (Å²) in [6.45, 7) is 1.28. The van der Waals surface area contributed by atoms with Crippen LogP contribution in [-0.2, 0) is 9.59 Å². The number of carbonyl (C=O) groups excluding carboxylic acids is 1. The number of fused-ring (bicyclic) bond motifs is 3. The standard InChI is InChI=1S/C22H34N4O.C2HF3O2/c23-12-19-8-15-11-20(15)26(19)22(27)21(24)16-9-17-6-7-18(10-16)25(17)13-14-4-2-1-3-5-14;3-2(4,5)1(6)7/h14-21H,1-11,13,24H2;(H,6,7)/t15-,16?,17?,18?,19+,20+,21+;/m1./s1. The molecule has 3 N–H and O–H groups in total. The van der Waals surface area contributed by atoms with E-state index in [2.05, 4.69) is 11.0 Å². The summed E-state index contributed by atoms with van der Waals surface area (Å²) >= 11 is 0. The predicted molar refractivity (Wildman–Crippen MR) is 117 cm³/mol. The van der Waals surface area contributed by atoms with Gasteiger partial charge in [0.1, 0.15) is 6.04 Å². The first-order chi connectivity index (χ1) is 16.1. The van der Waals surface area contributed by atoms with Crippen LogP contribution in [-0.4, -0.2) is 69.7 Å². The van der Waals surface area contributed by atoms with Crippen molar-refractivity contribution in [2.24, 2.45) is 23.5 Å². The second-order valence-corrected chi connectivity index (χ2v) is 10.8. The maximum Gasteiger partial charge on any atom is 0.490 e. The minimum atomic E-state index is -5.08. The summed E-state index contributed by atoms with van der Waals surface area (Å²) < 4.78 is 31.7. The molecule has 1 amide bonds. The number of nitrogens with zero attached hydrogens (tertiary/aromatic N) is 3. The van der Waals surface area contributed by atoms with E-state index < -0.39 is 18.2 Å². The molecule has 10 heteroatoms. The second-order valence-electron chi connectivity index (χ2n) is 10.8. The van der Waals surface area contributed by atoms with Crippen LogP contribution in [0.25, 0.3) is 0 Å². The van der Waals surface area contributed by atoms with Gasteiger partial charge in [-0.25, -0.2) is 4.79 Å². The summed E-state index contributed by atoms with van der Waals surface area (Å²) in [6.07, 6.45) is 8.64. The van der Waals surface area contributed by atoms with Crippen LogP contribution in [0.5, 0.6) is 0 Å². The third kappa shape index (κ3) is 5.35. The van der Waals surface area contributed by atoms with Gasteiger partial charge >= 0.3 is 12.1 Å². The normalized spacial score (nSPS) is 36.1. The molecule has 0 spiro atoms. The quantitative estimate of drug-likeness (QED) is 0.634. The molecule has 190 valence electrons. The number of aliphatic carboxylic acids is 1. The Labute approximate surface area is 198 Å². The molecule has 5 aliphatic rings. The molecule has 3 heterocycles. The zero-order valence-corrected chi connectivity index (χ0v) is 19.4. The molecule has 2 unspecified atom stereocenters. The lowest BCUT2D eigenvalue weighted by molar-refractivity contribution is -0.192. The highest BCUT2D eigenvalue weighted by molar-refractivity contribution is 5.84. The number of piperidine rings is 2. The highest BCUT2D eigenvalue weighted by atomic mass is 19.4. The van der Waals surface area contributed by atoms with E-state index in [0.717, 1.165) is 31.6 Å². The van der Waals surface area contributed by atoms with Gasteiger partial charge in [-0.1, -0.05) is 19.3 Å². The Balaban J connectivity index is 0.000000344. The summed E-state index contributed by atoms with van der Waals surface area (Å²) in [5, 5.41) is 16.5. The van der Waals surface area contributed by atoms with Crippen molar-refractivity contribution in [1.82, 2.24) is 9.80 Å². The van der Waals surface area contributed by atoms with Crippen molar-refractivity contribution in [2.75, 3.05) is 6.54 Å². The van der Waals surface area contributed by atoms with Crippen LogP contribution in [0.4, 0.5) is 13.2 Å². The molecule has 5 fully saturated rings. The molecule has 0 aromatic rings. The fraction of sp³-hybridized carbons (Fsp3) is 0.875. The van der Waals surface area contributed by atoms with E-state index in [1.54, 1.807) is 0 Å². The number of nitrogens with two attached hydrogens (primary N) is 1. The number of nitriles is 1. The van der Waals surface area contributed by atoms with E-state index in [1.165, 1.54) is 51.5 Å². The number of carbonyl (C=O) groups is 2.